The highest BCUT2D eigenvalue weighted by Gasteiger charge is 2.17. The van der Waals surface area contributed by atoms with E-state index >= 15 is 0 Å². The number of halogens is 1. The molecular formula is C12H21BrN2O4Si. The number of hydrogen-bond donors (Lipinski definition) is 0. The Hall–Kier alpha value is -0.863. The van der Waals surface area contributed by atoms with E-state index in [0.29, 0.717) is 17.8 Å². The SMILES string of the molecule is CCOC(=O)c1cc(Br)nn1OCOCC[Si](C)(C)C. The average Bonchev–Trinajstić information content (AvgIpc) is 2.69. The average molecular weight is 365 g/mol. The second-order valence-corrected chi connectivity index (χ2v) is 11.8. The zero-order valence-electron chi connectivity index (χ0n) is 12.3. The summed E-state index contributed by atoms with van der Waals surface area (Å²) in [6, 6.07) is 2.60. The minimum Gasteiger partial charge on any atom is -0.461 e. The van der Waals surface area contributed by atoms with Crippen molar-refractivity contribution in [1.29, 1.82) is 0 Å². The topological polar surface area (TPSA) is 62.6 Å². The third-order valence-electron chi connectivity index (χ3n) is 2.39. The van der Waals surface area contributed by atoms with E-state index in [-0.39, 0.29) is 12.5 Å². The number of nitrogens with zero attached hydrogens (tertiary/aromatic N) is 2. The van der Waals surface area contributed by atoms with Crippen LogP contribution in [0.25, 0.3) is 0 Å². The monoisotopic (exact) mass is 364 g/mol. The molecule has 0 aliphatic heterocycles. The van der Waals surface area contributed by atoms with Gasteiger partial charge in [0.2, 0.25) is 6.79 Å². The minimum atomic E-state index is -1.11. The maximum atomic E-state index is 11.7. The van der Waals surface area contributed by atoms with Gasteiger partial charge in [-0.05, 0) is 28.9 Å². The molecule has 0 N–H and O–H groups in total. The van der Waals surface area contributed by atoms with Crippen LogP contribution in [0, 0.1) is 0 Å². The summed E-state index contributed by atoms with van der Waals surface area (Å²) in [4.78, 5) is 18.1. The number of hydrogen-bond acceptors (Lipinski definition) is 5. The number of aromatic nitrogens is 2. The second-order valence-electron chi connectivity index (χ2n) is 5.41. The molecule has 0 fully saturated rings. The van der Waals surface area contributed by atoms with Gasteiger partial charge in [0.15, 0.2) is 5.69 Å². The van der Waals surface area contributed by atoms with Gasteiger partial charge >= 0.3 is 5.97 Å². The smallest absolute Gasteiger partial charge is 0.360 e. The van der Waals surface area contributed by atoms with E-state index < -0.39 is 14.0 Å². The summed E-state index contributed by atoms with van der Waals surface area (Å²) in [6.45, 7) is 9.57. The maximum Gasteiger partial charge on any atom is 0.360 e. The van der Waals surface area contributed by atoms with Gasteiger partial charge in [-0.15, -0.1) is 5.10 Å². The molecule has 1 aromatic heterocycles. The summed E-state index contributed by atoms with van der Waals surface area (Å²) in [7, 11) is -1.11. The van der Waals surface area contributed by atoms with Crippen molar-refractivity contribution in [2.45, 2.75) is 32.6 Å². The summed E-state index contributed by atoms with van der Waals surface area (Å²) in [5.41, 5.74) is 0.229. The Morgan fingerprint density at radius 2 is 2.15 bits per heavy atom. The first kappa shape index (κ1) is 17.2. The van der Waals surface area contributed by atoms with Crippen LogP contribution in [0.5, 0.6) is 0 Å². The van der Waals surface area contributed by atoms with E-state index in [1.807, 2.05) is 0 Å². The summed E-state index contributed by atoms with van der Waals surface area (Å²) in [5, 5.41) is 4.00. The predicted molar refractivity (Wildman–Crippen MR) is 81.4 cm³/mol. The van der Waals surface area contributed by atoms with Crippen molar-refractivity contribution < 1.29 is 19.1 Å². The first-order valence-electron chi connectivity index (χ1n) is 6.47. The Morgan fingerprint density at radius 1 is 1.45 bits per heavy atom. The van der Waals surface area contributed by atoms with Crippen LogP contribution in [0.1, 0.15) is 17.4 Å². The Bertz CT molecular complexity index is 445. The zero-order valence-corrected chi connectivity index (χ0v) is 14.9. The van der Waals surface area contributed by atoms with Crippen molar-refractivity contribution in [3.05, 3.63) is 16.4 Å². The van der Waals surface area contributed by atoms with Crippen LogP contribution < -0.4 is 4.84 Å². The molecule has 0 unspecified atom stereocenters. The van der Waals surface area contributed by atoms with Gasteiger partial charge < -0.3 is 14.3 Å². The lowest BCUT2D eigenvalue weighted by Gasteiger charge is -2.15. The summed E-state index contributed by atoms with van der Waals surface area (Å²) in [5.74, 6) is -0.479. The fraction of sp³-hybridized carbons (Fsp3) is 0.667. The molecule has 8 heteroatoms. The van der Waals surface area contributed by atoms with Crippen LogP contribution in [-0.2, 0) is 9.47 Å². The van der Waals surface area contributed by atoms with Gasteiger partial charge in [-0.25, -0.2) is 4.79 Å². The summed E-state index contributed by atoms with van der Waals surface area (Å²) in [6.07, 6.45) is 0. The highest BCUT2D eigenvalue weighted by atomic mass is 79.9. The van der Waals surface area contributed by atoms with E-state index in [9.17, 15) is 4.79 Å². The third-order valence-corrected chi connectivity index (χ3v) is 4.48. The highest BCUT2D eigenvalue weighted by molar-refractivity contribution is 9.10. The number of rotatable bonds is 8. The molecule has 0 spiro atoms. The van der Waals surface area contributed by atoms with Gasteiger partial charge in [-0.2, -0.15) is 0 Å². The molecule has 1 aromatic rings. The second kappa shape index (κ2) is 7.80. The van der Waals surface area contributed by atoms with E-state index in [1.54, 1.807) is 13.0 Å². The lowest BCUT2D eigenvalue weighted by molar-refractivity contribution is -0.0702. The van der Waals surface area contributed by atoms with Gasteiger partial charge in [0.05, 0.1) is 6.61 Å². The molecule has 0 saturated heterocycles. The molecule has 1 heterocycles. The molecule has 0 saturated carbocycles. The van der Waals surface area contributed by atoms with Crippen molar-refractivity contribution in [2.75, 3.05) is 20.0 Å². The lowest BCUT2D eigenvalue weighted by atomic mass is 10.4. The van der Waals surface area contributed by atoms with Crippen LogP contribution in [0.4, 0.5) is 0 Å². The van der Waals surface area contributed by atoms with Gasteiger partial charge in [0.1, 0.15) is 4.60 Å². The molecule has 114 valence electrons. The quantitative estimate of drug-likeness (QED) is 0.307. The highest BCUT2D eigenvalue weighted by Crippen LogP contribution is 2.11. The molecular weight excluding hydrogens is 344 g/mol. The van der Waals surface area contributed by atoms with Gasteiger partial charge in [-0.1, -0.05) is 24.5 Å². The standard InChI is InChI=1S/C12H21BrN2O4Si/c1-5-18-12(16)10-8-11(13)14-15(10)19-9-17-6-7-20(2,3)4/h8H,5-7,9H2,1-4H3. The Morgan fingerprint density at radius 3 is 2.75 bits per heavy atom. The molecule has 0 radical (unpaired) electrons. The van der Waals surface area contributed by atoms with Gasteiger partial charge in [-0.3, -0.25) is 0 Å². The Balaban J connectivity index is 2.45. The molecule has 6 nitrogen and oxygen atoms in total. The van der Waals surface area contributed by atoms with Gasteiger partial charge in [0.25, 0.3) is 0 Å². The number of ether oxygens (including phenoxy) is 2. The third kappa shape index (κ3) is 6.06. The summed E-state index contributed by atoms with van der Waals surface area (Å²) >= 11 is 3.20. The number of carbonyl (C=O) groups excluding carboxylic acids is 1. The fourth-order valence-corrected chi connectivity index (χ4v) is 2.42. The molecule has 0 aliphatic carbocycles. The summed E-state index contributed by atoms with van der Waals surface area (Å²) < 4.78 is 10.8. The van der Waals surface area contributed by atoms with E-state index in [2.05, 4.69) is 40.7 Å². The Labute approximate surface area is 128 Å². The molecule has 20 heavy (non-hydrogen) atoms. The van der Waals surface area contributed by atoms with E-state index in [4.69, 9.17) is 14.3 Å². The van der Waals surface area contributed by atoms with Crippen LogP contribution in [-0.4, -0.2) is 44.0 Å². The molecule has 0 aliphatic rings. The van der Waals surface area contributed by atoms with E-state index in [1.165, 1.54) is 0 Å². The van der Waals surface area contributed by atoms with Crippen LogP contribution in [0.15, 0.2) is 10.7 Å². The van der Waals surface area contributed by atoms with Crippen LogP contribution in [0.3, 0.4) is 0 Å². The Kier molecular flexibility index (Phi) is 6.70. The molecule has 0 amide bonds. The van der Waals surface area contributed by atoms with Crippen molar-refractivity contribution in [3.8, 4) is 0 Å². The first-order chi connectivity index (χ1) is 9.33. The lowest BCUT2D eigenvalue weighted by Crippen LogP contribution is -2.25. The molecule has 1 rings (SSSR count). The van der Waals surface area contributed by atoms with Crippen molar-refractivity contribution >= 4 is 30.0 Å². The number of esters is 1. The predicted octanol–water partition coefficient (Wildman–Crippen LogP) is 2.56. The van der Waals surface area contributed by atoms with Crippen molar-refractivity contribution in [2.24, 2.45) is 0 Å². The molecule has 0 bridgehead atoms. The van der Waals surface area contributed by atoms with E-state index in [0.717, 1.165) is 10.9 Å². The van der Waals surface area contributed by atoms with Crippen molar-refractivity contribution in [1.82, 2.24) is 9.94 Å². The maximum absolute atomic E-state index is 11.7. The van der Waals surface area contributed by atoms with Crippen LogP contribution >= 0.6 is 15.9 Å². The number of carbonyl (C=O) groups is 1. The molecule has 0 atom stereocenters. The minimum absolute atomic E-state index is 0.0466. The van der Waals surface area contributed by atoms with Gasteiger partial charge in [0, 0.05) is 20.7 Å². The van der Waals surface area contributed by atoms with Crippen LogP contribution in [0.2, 0.25) is 25.7 Å². The first-order valence-corrected chi connectivity index (χ1v) is 11.0. The molecule has 0 aromatic carbocycles. The fourth-order valence-electron chi connectivity index (χ4n) is 1.30. The normalized spacial score (nSPS) is 11.4. The van der Waals surface area contributed by atoms with Crippen molar-refractivity contribution in [3.63, 3.8) is 0 Å². The largest absolute Gasteiger partial charge is 0.461 e. The zero-order chi connectivity index (χ0) is 15.2.